The Bertz CT molecular complexity index is 1030. The van der Waals surface area contributed by atoms with Gasteiger partial charge >= 0.3 is 0 Å². The monoisotopic (exact) mass is 472 g/mol. The van der Waals surface area contributed by atoms with Crippen molar-refractivity contribution in [3.8, 4) is 11.5 Å². The summed E-state index contributed by atoms with van der Waals surface area (Å²) in [4.78, 5) is 0. The Morgan fingerprint density at radius 3 is 2.64 bits per heavy atom. The van der Waals surface area contributed by atoms with Gasteiger partial charge in [0.05, 0.1) is 6.61 Å². The summed E-state index contributed by atoms with van der Waals surface area (Å²) in [6.07, 6.45) is 3.81. The van der Waals surface area contributed by atoms with Crippen molar-refractivity contribution in [2.75, 3.05) is 26.4 Å². The Morgan fingerprint density at radius 2 is 1.88 bits per heavy atom. The van der Waals surface area contributed by atoms with Crippen LogP contribution < -0.4 is 14.8 Å². The van der Waals surface area contributed by atoms with Crippen LogP contribution in [-0.2, 0) is 13.0 Å². The van der Waals surface area contributed by atoms with Crippen LogP contribution >= 0.6 is 11.6 Å². The average Bonchev–Trinajstić information content (AvgIpc) is 3.16. The highest BCUT2D eigenvalue weighted by Crippen LogP contribution is 2.31. The second-order valence-corrected chi connectivity index (χ2v) is 10.3. The standard InChI is InChI=1S/C27H37ClN2O3/c1-20(16-21-6-8-24-22(17-21)10-13-30(24)12-5-14-31)29-11-15-32-25-9-7-23(28)18-26(25)33-19-27(2,3)4/h6-10,13,17-18,20,29,31H,5,11-12,14-16,19H2,1-4H3/t20-/m1/s1. The van der Waals surface area contributed by atoms with E-state index in [0.29, 0.717) is 35.8 Å². The minimum atomic E-state index is 0.0572. The predicted octanol–water partition coefficient (Wildman–Crippen LogP) is 5.70. The molecule has 0 fully saturated rings. The van der Waals surface area contributed by atoms with Gasteiger partial charge in [-0.3, -0.25) is 0 Å². The number of hydrogen-bond donors (Lipinski definition) is 2. The lowest BCUT2D eigenvalue weighted by molar-refractivity contribution is 0.187. The van der Waals surface area contributed by atoms with Gasteiger partial charge in [0.15, 0.2) is 11.5 Å². The van der Waals surface area contributed by atoms with Gasteiger partial charge in [0.25, 0.3) is 0 Å². The summed E-state index contributed by atoms with van der Waals surface area (Å²) >= 11 is 6.15. The number of rotatable bonds is 12. The molecule has 0 spiro atoms. The molecule has 0 bridgehead atoms. The number of hydrogen-bond acceptors (Lipinski definition) is 4. The molecular formula is C27H37ClN2O3. The van der Waals surface area contributed by atoms with Gasteiger partial charge in [0.2, 0.25) is 0 Å². The fourth-order valence-electron chi connectivity index (χ4n) is 3.71. The van der Waals surface area contributed by atoms with E-state index in [1.807, 2.05) is 18.2 Å². The number of halogens is 1. The summed E-state index contributed by atoms with van der Waals surface area (Å²) in [6.45, 7) is 11.5. The van der Waals surface area contributed by atoms with E-state index < -0.39 is 0 Å². The number of aromatic nitrogens is 1. The topological polar surface area (TPSA) is 55.7 Å². The van der Waals surface area contributed by atoms with Gasteiger partial charge in [-0.1, -0.05) is 38.4 Å². The molecule has 0 aliphatic rings. The zero-order chi connectivity index (χ0) is 23.8. The molecule has 0 radical (unpaired) electrons. The van der Waals surface area contributed by atoms with E-state index in [-0.39, 0.29) is 12.0 Å². The van der Waals surface area contributed by atoms with E-state index in [2.05, 4.69) is 68.0 Å². The van der Waals surface area contributed by atoms with Crippen LogP contribution in [0, 0.1) is 5.41 Å². The molecule has 180 valence electrons. The van der Waals surface area contributed by atoms with Gasteiger partial charge in [-0.15, -0.1) is 0 Å². The maximum absolute atomic E-state index is 9.07. The Morgan fingerprint density at radius 1 is 1.06 bits per heavy atom. The predicted molar refractivity (Wildman–Crippen MR) is 137 cm³/mol. The lowest BCUT2D eigenvalue weighted by Gasteiger charge is -2.21. The van der Waals surface area contributed by atoms with Crippen molar-refractivity contribution in [1.29, 1.82) is 0 Å². The highest BCUT2D eigenvalue weighted by molar-refractivity contribution is 6.30. The fourth-order valence-corrected chi connectivity index (χ4v) is 3.87. The van der Waals surface area contributed by atoms with Crippen LogP contribution in [0.25, 0.3) is 10.9 Å². The van der Waals surface area contributed by atoms with Crippen molar-refractivity contribution in [1.82, 2.24) is 9.88 Å². The third-order valence-corrected chi connectivity index (χ3v) is 5.59. The Kier molecular flexibility index (Phi) is 9.07. The summed E-state index contributed by atoms with van der Waals surface area (Å²) in [5, 5.41) is 14.5. The van der Waals surface area contributed by atoms with Crippen molar-refractivity contribution < 1.29 is 14.6 Å². The lowest BCUT2D eigenvalue weighted by Crippen LogP contribution is -2.31. The summed E-state index contributed by atoms with van der Waals surface area (Å²) in [5.74, 6) is 1.40. The van der Waals surface area contributed by atoms with Gasteiger partial charge in [0, 0.05) is 48.5 Å². The average molecular weight is 473 g/mol. The van der Waals surface area contributed by atoms with Crippen LogP contribution in [0.3, 0.4) is 0 Å². The van der Waals surface area contributed by atoms with Crippen LogP contribution in [0.15, 0.2) is 48.7 Å². The highest BCUT2D eigenvalue weighted by Gasteiger charge is 2.14. The first-order chi connectivity index (χ1) is 15.7. The molecule has 0 amide bonds. The summed E-state index contributed by atoms with van der Waals surface area (Å²) in [5.41, 5.74) is 2.58. The van der Waals surface area contributed by atoms with Gasteiger partial charge in [-0.25, -0.2) is 0 Å². The number of ether oxygens (including phenoxy) is 2. The quantitative estimate of drug-likeness (QED) is 0.332. The van der Waals surface area contributed by atoms with E-state index in [4.69, 9.17) is 26.2 Å². The number of nitrogens with zero attached hydrogens (tertiary/aromatic N) is 1. The molecule has 2 aromatic carbocycles. The lowest BCUT2D eigenvalue weighted by atomic mass is 9.99. The van der Waals surface area contributed by atoms with Crippen LogP contribution in [-0.4, -0.2) is 42.1 Å². The summed E-state index contributed by atoms with van der Waals surface area (Å²) in [6, 6.07) is 14.6. The summed E-state index contributed by atoms with van der Waals surface area (Å²) < 4.78 is 14.1. The van der Waals surface area contributed by atoms with Crippen molar-refractivity contribution in [3.63, 3.8) is 0 Å². The first-order valence-corrected chi connectivity index (χ1v) is 12.1. The second kappa shape index (κ2) is 11.8. The molecular weight excluding hydrogens is 436 g/mol. The number of fused-ring (bicyclic) bond motifs is 1. The maximum atomic E-state index is 9.07. The number of nitrogens with one attached hydrogen (secondary N) is 1. The van der Waals surface area contributed by atoms with E-state index in [1.165, 1.54) is 16.5 Å². The number of aliphatic hydroxyl groups is 1. The number of aliphatic hydroxyl groups excluding tert-OH is 1. The Labute approximate surface area is 202 Å². The first-order valence-electron chi connectivity index (χ1n) is 11.7. The molecule has 2 N–H and O–H groups in total. The second-order valence-electron chi connectivity index (χ2n) is 9.83. The van der Waals surface area contributed by atoms with Gasteiger partial charge in [-0.05, 0) is 66.5 Å². The van der Waals surface area contributed by atoms with Crippen LogP contribution in [0.1, 0.15) is 39.7 Å². The molecule has 0 saturated heterocycles. The van der Waals surface area contributed by atoms with Crippen molar-refractivity contribution in [3.05, 3.63) is 59.2 Å². The minimum Gasteiger partial charge on any atom is -0.489 e. The Balaban J connectivity index is 1.47. The van der Waals surface area contributed by atoms with E-state index in [0.717, 1.165) is 25.9 Å². The van der Waals surface area contributed by atoms with Crippen LogP contribution in [0.2, 0.25) is 5.02 Å². The molecule has 0 saturated carbocycles. The molecule has 1 atom stereocenters. The third-order valence-electron chi connectivity index (χ3n) is 5.35. The molecule has 6 heteroatoms. The molecule has 0 unspecified atom stereocenters. The minimum absolute atomic E-state index is 0.0572. The highest BCUT2D eigenvalue weighted by atomic mass is 35.5. The third kappa shape index (κ3) is 7.95. The SMILES string of the molecule is C[C@H](Cc1ccc2c(ccn2CCCO)c1)NCCOc1ccc(Cl)cc1OCC(C)(C)C. The largest absolute Gasteiger partial charge is 0.489 e. The molecule has 1 aromatic heterocycles. The van der Waals surface area contributed by atoms with Gasteiger partial charge in [0.1, 0.15) is 6.61 Å². The first kappa shape index (κ1) is 25.4. The van der Waals surface area contributed by atoms with E-state index in [1.54, 1.807) is 0 Å². The van der Waals surface area contributed by atoms with Crippen LogP contribution in [0.5, 0.6) is 11.5 Å². The smallest absolute Gasteiger partial charge is 0.162 e. The fraction of sp³-hybridized carbons (Fsp3) is 0.481. The zero-order valence-electron chi connectivity index (χ0n) is 20.2. The van der Waals surface area contributed by atoms with Crippen molar-refractivity contribution in [2.24, 2.45) is 5.41 Å². The molecule has 3 rings (SSSR count). The van der Waals surface area contributed by atoms with E-state index in [9.17, 15) is 0 Å². The van der Waals surface area contributed by atoms with Gasteiger partial charge < -0.3 is 24.5 Å². The van der Waals surface area contributed by atoms with Crippen LogP contribution in [0.4, 0.5) is 0 Å². The van der Waals surface area contributed by atoms with Gasteiger partial charge in [-0.2, -0.15) is 0 Å². The number of aryl methyl sites for hydroxylation is 1. The molecule has 33 heavy (non-hydrogen) atoms. The molecule has 0 aliphatic carbocycles. The van der Waals surface area contributed by atoms with Crippen molar-refractivity contribution in [2.45, 2.75) is 53.1 Å². The maximum Gasteiger partial charge on any atom is 0.162 e. The normalized spacial score (nSPS) is 12.8. The zero-order valence-corrected chi connectivity index (χ0v) is 21.0. The molecule has 3 aromatic rings. The van der Waals surface area contributed by atoms with E-state index >= 15 is 0 Å². The Hall–Kier alpha value is -2.21. The number of benzene rings is 2. The van der Waals surface area contributed by atoms with Crippen molar-refractivity contribution >= 4 is 22.5 Å². The molecule has 0 aliphatic heterocycles. The molecule has 5 nitrogen and oxygen atoms in total. The molecule has 1 heterocycles. The summed E-state index contributed by atoms with van der Waals surface area (Å²) in [7, 11) is 0.